The first kappa shape index (κ1) is 18.9. The fourth-order valence-corrected chi connectivity index (χ4v) is 3.27. The van der Waals surface area contributed by atoms with Gasteiger partial charge in [0.2, 0.25) is 0 Å². The summed E-state index contributed by atoms with van der Waals surface area (Å²) in [6, 6.07) is 12.1. The van der Waals surface area contributed by atoms with Crippen LogP contribution in [0.1, 0.15) is 36.0 Å². The predicted octanol–water partition coefficient (Wildman–Crippen LogP) is 5.19. The second-order valence-electron chi connectivity index (χ2n) is 6.91. The zero-order chi connectivity index (χ0) is 19.2. The molecule has 1 aliphatic carbocycles. The Morgan fingerprint density at radius 2 is 1.96 bits per heavy atom. The van der Waals surface area contributed by atoms with Gasteiger partial charge in [0.05, 0.1) is 13.0 Å². The standard InChI is InChI=1S/C24H23FO2/c1-17-15-23(27-2)13-10-20(17)8-4-19-7-14-24(26)21(16-19)9-3-18-5-11-22(25)12-6-18/h4-6,8,10-13,15,19,21H,7,14,16H2,1-2H3/b8-4+. The first-order chi connectivity index (χ1) is 13.0. The van der Waals surface area contributed by atoms with Crippen LogP contribution in [-0.2, 0) is 4.79 Å². The van der Waals surface area contributed by atoms with Gasteiger partial charge < -0.3 is 4.74 Å². The smallest absolute Gasteiger partial charge is 0.147 e. The molecule has 0 N–H and O–H groups in total. The zero-order valence-electron chi connectivity index (χ0n) is 15.7. The summed E-state index contributed by atoms with van der Waals surface area (Å²) in [7, 11) is 1.66. The molecule has 1 aliphatic rings. The Bertz CT molecular complexity index is 900. The monoisotopic (exact) mass is 362 g/mol. The van der Waals surface area contributed by atoms with E-state index in [0.717, 1.165) is 35.3 Å². The van der Waals surface area contributed by atoms with Crippen LogP contribution in [0.5, 0.6) is 5.75 Å². The van der Waals surface area contributed by atoms with Gasteiger partial charge in [-0.3, -0.25) is 4.79 Å². The van der Waals surface area contributed by atoms with Crippen molar-refractivity contribution in [2.75, 3.05) is 7.11 Å². The summed E-state index contributed by atoms with van der Waals surface area (Å²) in [5, 5.41) is 0. The molecule has 1 fully saturated rings. The number of halogens is 1. The molecule has 0 radical (unpaired) electrons. The molecule has 0 spiro atoms. The van der Waals surface area contributed by atoms with E-state index >= 15 is 0 Å². The van der Waals surface area contributed by atoms with Gasteiger partial charge in [0.15, 0.2) is 0 Å². The molecule has 27 heavy (non-hydrogen) atoms. The Morgan fingerprint density at radius 3 is 2.67 bits per heavy atom. The molecule has 0 aliphatic heterocycles. The number of carbonyl (C=O) groups excluding carboxylic acids is 1. The van der Waals surface area contributed by atoms with Gasteiger partial charge in [0.1, 0.15) is 17.3 Å². The summed E-state index contributed by atoms with van der Waals surface area (Å²) in [6.45, 7) is 2.06. The van der Waals surface area contributed by atoms with Crippen LogP contribution in [0, 0.1) is 36.4 Å². The number of Topliss-reactive ketones (excluding diaryl/α,β-unsaturated/α-hetero) is 1. The average Bonchev–Trinajstić information content (AvgIpc) is 2.68. The third-order valence-electron chi connectivity index (χ3n) is 4.95. The van der Waals surface area contributed by atoms with Crippen LogP contribution in [0.25, 0.3) is 6.08 Å². The van der Waals surface area contributed by atoms with Crippen LogP contribution in [0.2, 0.25) is 0 Å². The molecule has 0 bridgehead atoms. The highest BCUT2D eigenvalue weighted by molar-refractivity contribution is 5.84. The normalized spacial score (nSPS) is 19.6. The third kappa shape index (κ3) is 5.08. The Morgan fingerprint density at radius 1 is 1.19 bits per heavy atom. The summed E-state index contributed by atoms with van der Waals surface area (Å²) < 4.78 is 18.2. The fourth-order valence-electron chi connectivity index (χ4n) is 3.27. The molecular formula is C24H23FO2. The van der Waals surface area contributed by atoms with Gasteiger partial charge in [-0.2, -0.15) is 0 Å². The molecule has 0 saturated heterocycles. The number of hydrogen-bond donors (Lipinski definition) is 0. The van der Waals surface area contributed by atoms with Crippen molar-refractivity contribution in [1.29, 1.82) is 0 Å². The molecular weight excluding hydrogens is 339 g/mol. The van der Waals surface area contributed by atoms with Gasteiger partial charge in [0.25, 0.3) is 0 Å². The SMILES string of the molecule is COc1ccc(/C=C/C2CCC(=O)C(C#Cc3ccc(F)cc3)C2)c(C)c1. The van der Waals surface area contributed by atoms with Gasteiger partial charge in [-0.15, -0.1) is 0 Å². The number of ether oxygens (including phenoxy) is 1. The Labute approximate surface area is 160 Å². The first-order valence-electron chi connectivity index (χ1n) is 9.18. The highest BCUT2D eigenvalue weighted by atomic mass is 19.1. The van der Waals surface area contributed by atoms with Crippen LogP contribution >= 0.6 is 0 Å². The molecule has 1 saturated carbocycles. The van der Waals surface area contributed by atoms with E-state index in [-0.39, 0.29) is 17.5 Å². The summed E-state index contributed by atoms with van der Waals surface area (Å²) in [6.07, 6.45) is 6.46. The topological polar surface area (TPSA) is 26.3 Å². The summed E-state index contributed by atoms with van der Waals surface area (Å²) in [5.74, 6) is 6.95. The number of hydrogen-bond acceptors (Lipinski definition) is 2. The molecule has 138 valence electrons. The largest absolute Gasteiger partial charge is 0.497 e. The van der Waals surface area contributed by atoms with E-state index in [4.69, 9.17) is 4.74 Å². The van der Waals surface area contributed by atoms with Crippen molar-refractivity contribution < 1.29 is 13.9 Å². The van der Waals surface area contributed by atoms with Crippen LogP contribution in [0.4, 0.5) is 4.39 Å². The lowest BCUT2D eigenvalue weighted by molar-refractivity contribution is -0.123. The molecule has 2 aromatic rings. The van der Waals surface area contributed by atoms with Crippen LogP contribution in [0.15, 0.2) is 48.5 Å². The fraction of sp³-hybridized carbons (Fsp3) is 0.292. The molecule has 0 heterocycles. The minimum atomic E-state index is -0.284. The molecule has 2 nitrogen and oxygen atoms in total. The Kier molecular flexibility index (Phi) is 6.08. The highest BCUT2D eigenvalue weighted by Gasteiger charge is 2.25. The van der Waals surface area contributed by atoms with Crippen molar-refractivity contribution in [3.05, 3.63) is 71.0 Å². The Balaban J connectivity index is 1.68. The van der Waals surface area contributed by atoms with Gasteiger partial charge in [-0.1, -0.05) is 30.1 Å². The number of carbonyl (C=O) groups is 1. The molecule has 0 amide bonds. The first-order valence-corrected chi connectivity index (χ1v) is 9.18. The van der Waals surface area contributed by atoms with Crippen LogP contribution in [-0.4, -0.2) is 12.9 Å². The minimum Gasteiger partial charge on any atom is -0.497 e. The van der Waals surface area contributed by atoms with Crippen LogP contribution in [0.3, 0.4) is 0 Å². The van der Waals surface area contributed by atoms with Crippen molar-refractivity contribution in [3.63, 3.8) is 0 Å². The van der Waals surface area contributed by atoms with E-state index in [1.54, 1.807) is 19.2 Å². The van der Waals surface area contributed by atoms with E-state index in [2.05, 4.69) is 30.9 Å². The lowest BCUT2D eigenvalue weighted by Gasteiger charge is -2.22. The lowest BCUT2D eigenvalue weighted by Crippen LogP contribution is -2.22. The average molecular weight is 362 g/mol. The van der Waals surface area contributed by atoms with E-state index in [0.29, 0.717) is 12.3 Å². The second-order valence-corrected chi connectivity index (χ2v) is 6.91. The van der Waals surface area contributed by atoms with Gasteiger partial charge in [-0.05, 0) is 73.2 Å². The molecule has 2 unspecified atom stereocenters. The lowest BCUT2D eigenvalue weighted by atomic mass is 9.80. The molecule has 2 atom stereocenters. The summed E-state index contributed by atoms with van der Waals surface area (Å²) >= 11 is 0. The van der Waals surface area contributed by atoms with Gasteiger partial charge >= 0.3 is 0 Å². The maximum atomic E-state index is 13.0. The third-order valence-corrected chi connectivity index (χ3v) is 4.95. The zero-order valence-corrected chi connectivity index (χ0v) is 15.7. The molecule has 3 heteroatoms. The van der Waals surface area contributed by atoms with Crippen LogP contribution < -0.4 is 4.74 Å². The van der Waals surface area contributed by atoms with E-state index in [1.165, 1.54) is 12.1 Å². The van der Waals surface area contributed by atoms with Gasteiger partial charge in [-0.25, -0.2) is 4.39 Å². The number of methoxy groups -OCH3 is 1. The number of ketones is 1. The van der Waals surface area contributed by atoms with Crippen molar-refractivity contribution in [3.8, 4) is 17.6 Å². The number of allylic oxidation sites excluding steroid dienone is 1. The maximum Gasteiger partial charge on any atom is 0.147 e. The molecule has 0 aromatic heterocycles. The quantitative estimate of drug-likeness (QED) is 0.702. The number of aryl methyl sites for hydroxylation is 1. The van der Waals surface area contributed by atoms with Crippen molar-refractivity contribution in [1.82, 2.24) is 0 Å². The number of rotatable bonds is 3. The highest BCUT2D eigenvalue weighted by Crippen LogP contribution is 2.28. The van der Waals surface area contributed by atoms with Gasteiger partial charge in [0, 0.05) is 12.0 Å². The molecule has 3 rings (SSSR count). The second kappa shape index (κ2) is 8.68. The summed E-state index contributed by atoms with van der Waals surface area (Å²) in [5.41, 5.74) is 3.04. The minimum absolute atomic E-state index is 0.204. The van der Waals surface area contributed by atoms with Crippen molar-refractivity contribution in [2.24, 2.45) is 11.8 Å². The summed E-state index contributed by atoms with van der Waals surface area (Å²) in [4.78, 5) is 12.2. The predicted molar refractivity (Wildman–Crippen MR) is 106 cm³/mol. The van der Waals surface area contributed by atoms with E-state index in [9.17, 15) is 9.18 Å². The van der Waals surface area contributed by atoms with E-state index < -0.39 is 0 Å². The van der Waals surface area contributed by atoms with Crippen molar-refractivity contribution >= 4 is 11.9 Å². The van der Waals surface area contributed by atoms with E-state index in [1.807, 2.05) is 18.2 Å². The Hall–Kier alpha value is -2.86. The van der Waals surface area contributed by atoms with Crippen molar-refractivity contribution in [2.45, 2.75) is 26.2 Å². The number of benzene rings is 2. The maximum absolute atomic E-state index is 13.0. The molecule has 2 aromatic carbocycles.